The van der Waals surface area contributed by atoms with E-state index in [-0.39, 0.29) is 17.3 Å². The fourth-order valence-electron chi connectivity index (χ4n) is 4.93. The summed E-state index contributed by atoms with van der Waals surface area (Å²) in [7, 11) is 0. The molecule has 1 N–H and O–H groups in total. The molecule has 2 atom stereocenters. The van der Waals surface area contributed by atoms with Crippen molar-refractivity contribution >= 4 is 11.7 Å². The summed E-state index contributed by atoms with van der Waals surface area (Å²) in [5.41, 5.74) is 3.24. The Kier molecular flexibility index (Phi) is 6.04. The van der Waals surface area contributed by atoms with E-state index >= 15 is 0 Å². The van der Waals surface area contributed by atoms with E-state index in [2.05, 4.69) is 31.1 Å². The van der Waals surface area contributed by atoms with Crippen LogP contribution in [-0.4, -0.2) is 56.0 Å². The van der Waals surface area contributed by atoms with Crippen LogP contribution in [-0.2, 0) is 11.2 Å². The quantitative estimate of drug-likeness (QED) is 0.591. The summed E-state index contributed by atoms with van der Waals surface area (Å²) in [6.07, 6.45) is 7.34. The number of aromatic nitrogens is 4. The lowest BCUT2D eigenvalue weighted by Gasteiger charge is -2.36. The van der Waals surface area contributed by atoms with Crippen LogP contribution in [0.3, 0.4) is 0 Å². The molecule has 3 aromatic heterocycles. The molecule has 2 aliphatic rings. The van der Waals surface area contributed by atoms with Gasteiger partial charge in [0.1, 0.15) is 5.82 Å². The van der Waals surface area contributed by atoms with Crippen molar-refractivity contribution < 1.29 is 18.3 Å². The van der Waals surface area contributed by atoms with Gasteiger partial charge in [-0.05, 0) is 62.4 Å². The lowest BCUT2D eigenvalue weighted by molar-refractivity contribution is -0.131. The minimum absolute atomic E-state index is 0.0515. The van der Waals surface area contributed by atoms with E-state index in [1.54, 1.807) is 31.5 Å². The molecule has 0 radical (unpaired) electrons. The summed E-state index contributed by atoms with van der Waals surface area (Å²) in [5.74, 6) is 0.758. The number of aryl methyl sites for hydroxylation is 2. The molecule has 35 heavy (non-hydrogen) atoms. The minimum atomic E-state index is -2.96. The van der Waals surface area contributed by atoms with E-state index in [0.717, 1.165) is 41.9 Å². The van der Waals surface area contributed by atoms with Gasteiger partial charge in [-0.3, -0.25) is 4.79 Å². The predicted molar refractivity (Wildman–Crippen MR) is 125 cm³/mol. The number of nitrogens with zero attached hydrogens (tertiary/aromatic N) is 5. The molecule has 0 saturated carbocycles. The molecule has 5 heterocycles. The van der Waals surface area contributed by atoms with Crippen LogP contribution in [0.15, 0.2) is 42.9 Å². The van der Waals surface area contributed by atoms with Gasteiger partial charge in [-0.1, -0.05) is 0 Å². The number of pyridine rings is 2. The van der Waals surface area contributed by atoms with Gasteiger partial charge < -0.3 is 15.0 Å². The van der Waals surface area contributed by atoms with Gasteiger partial charge in [-0.25, -0.2) is 19.9 Å². The number of carbonyl (C=O) groups excluding carboxylic acids is 1. The standard InChI is InChI=1S/C25H26F2N6O2/c1-15(17-5-10-28-20(13-17)35-24(26)27)23(34)33-11-7-25(14-33)6-4-18-12-19(16(2)31-21(18)32-25)22-29-8-3-9-30-22/h3,5,8-10,12-13,15,24H,4,6-7,11,14H2,1-2H3,(H,31,32)/t15?,25-/m0/s1. The van der Waals surface area contributed by atoms with Crippen LogP contribution in [0.25, 0.3) is 11.4 Å². The van der Waals surface area contributed by atoms with Crippen molar-refractivity contribution in [2.45, 2.75) is 51.2 Å². The van der Waals surface area contributed by atoms with Gasteiger partial charge in [-0.2, -0.15) is 8.78 Å². The highest BCUT2D eigenvalue weighted by Gasteiger charge is 2.43. The van der Waals surface area contributed by atoms with Gasteiger partial charge in [0.2, 0.25) is 11.8 Å². The molecular weight excluding hydrogens is 454 g/mol. The molecule has 5 rings (SSSR count). The molecular formula is C25H26F2N6O2. The second-order valence-electron chi connectivity index (χ2n) is 9.14. The summed E-state index contributed by atoms with van der Waals surface area (Å²) < 4.78 is 29.5. The van der Waals surface area contributed by atoms with Gasteiger partial charge in [0.25, 0.3) is 0 Å². The van der Waals surface area contributed by atoms with Gasteiger partial charge in [0.15, 0.2) is 5.82 Å². The Balaban J connectivity index is 1.30. The van der Waals surface area contributed by atoms with E-state index in [4.69, 9.17) is 4.98 Å². The van der Waals surface area contributed by atoms with Crippen LogP contribution < -0.4 is 10.1 Å². The Hall–Kier alpha value is -3.69. The van der Waals surface area contributed by atoms with Gasteiger partial charge >= 0.3 is 6.61 Å². The monoisotopic (exact) mass is 480 g/mol. The Morgan fingerprint density at radius 1 is 1.17 bits per heavy atom. The summed E-state index contributed by atoms with van der Waals surface area (Å²) >= 11 is 0. The smallest absolute Gasteiger partial charge is 0.388 e. The number of amides is 1. The zero-order chi connectivity index (χ0) is 24.6. The van der Waals surface area contributed by atoms with Crippen molar-refractivity contribution in [1.82, 2.24) is 24.8 Å². The SMILES string of the molecule is Cc1nc2c(cc1-c1ncccn1)CC[C@@]1(CCN(C(=O)C(C)c3ccnc(OC(F)F)c3)C1)N2. The first-order chi connectivity index (χ1) is 16.8. The highest BCUT2D eigenvalue weighted by atomic mass is 19.3. The van der Waals surface area contributed by atoms with E-state index in [1.807, 2.05) is 11.8 Å². The molecule has 1 amide bonds. The summed E-state index contributed by atoms with van der Waals surface area (Å²) in [5, 5.41) is 3.63. The number of rotatable bonds is 5. The number of anilines is 1. The molecule has 2 aliphatic heterocycles. The number of hydrogen-bond acceptors (Lipinski definition) is 7. The summed E-state index contributed by atoms with van der Waals surface area (Å²) in [4.78, 5) is 32.4. The molecule has 3 aromatic rings. The average molecular weight is 481 g/mol. The van der Waals surface area contributed by atoms with Crippen molar-refractivity contribution in [3.8, 4) is 17.3 Å². The summed E-state index contributed by atoms with van der Waals surface area (Å²) in [6.45, 7) is 1.94. The number of fused-ring (bicyclic) bond motifs is 1. The predicted octanol–water partition coefficient (Wildman–Crippen LogP) is 3.98. The normalized spacial score (nSPS) is 20.0. The highest BCUT2D eigenvalue weighted by molar-refractivity contribution is 5.84. The third-order valence-corrected chi connectivity index (χ3v) is 6.86. The van der Waals surface area contributed by atoms with Crippen molar-refractivity contribution in [1.29, 1.82) is 0 Å². The van der Waals surface area contributed by atoms with Crippen LogP contribution >= 0.6 is 0 Å². The fourth-order valence-corrected chi connectivity index (χ4v) is 4.93. The molecule has 0 aromatic carbocycles. The molecule has 8 nitrogen and oxygen atoms in total. The number of nitrogens with one attached hydrogen (secondary N) is 1. The third-order valence-electron chi connectivity index (χ3n) is 6.86. The van der Waals surface area contributed by atoms with Crippen molar-refractivity contribution in [2.24, 2.45) is 0 Å². The van der Waals surface area contributed by atoms with Crippen LogP contribution in [0.5, 0.6) is 5.88 Å². The molecule has 1 saturated heterocycles. The average Bonchev–Trinajstić information content (AvgIpc) is 3.26. The lowest BCUT2D eigenvalue weighted by atomic mass is 9.86. The van der Waals surface area contributed by atoms with Gasteiger partial charge in [0, 0.05) is 43.3 Å². The first-order valence-electron chi connectivity index (χ1n) is 11.6. The Morgan fingerprint density at radius 3 is 2.74 bits per heavy atom. The first kappa shape index (κ1) is 23.1. The number of alkyl halides is 2. The maximum absolute atomic E-state index is 13.3. The number of halogens is 2. The Morgan fingerprint density at radius 2 is 1.97 bits per heavy atom. The topological polar surface area (TPSA) is 93.1 Å². The largest absolute Gasteiger partial charge is 0.417 e. The maximum atomic E-state index is 13.3. The number of likely N-dealkylation sites (tertiary alicyclic amines) is 1. The molecule has 0 bridgehead atoms. The first-order valence-corrected chi connectivity index (χ1v) is 11.6. The van der Waals surface area contributed by atoms with E-state index < -0.39 is 12.5 Å². The van der Waals surface area contributed by atoms with E-state index in [0.29, 0.717) is 24.5 Å². The van der Waals surface area contributed by atoms with Crippen molar-refractivity contribution in [2.75, 3.05) is 18.4 Å². The van der Waals surface area contributed by atoms with Crippen molar-refractivity contribution in [3.05, 3.63) is 59.7 Å². The fraction of sp³-hybridized carbons (Fsp3) is 0.400. The maximum Gasteiger partial charge on any atom is 0.388 e. The zero-order valence-electron chi connectivity index (χ0n) is 19.5. The Bertz CT molecular complexity index is 1240. The number of carbonyl (C=O) groups is 1. The molecule has 1 fully saturated rings. The van der Waals surface area contributed by atoms with E-state index in [1.165, 1.54) is 12.3 Å². The van der Waals surface area contributed by atoms with Gasteiger partial charge in [0.05, 0.1) is 17.2 Å². The lowest BCUT2D eigenvalue weighted by Crippen LogP contribution is -2.46. The van der Waals surface area contributed by atoms with Crippen LogP contribution in [0.1, 0.15) is 42.5 Å². The van der Waals surface area contributed by atoms with Crippen LogP contribution in [0.2, 0.25) is 0 Å². The molecule has 1 spiro atoms. The van der Waals surface area contributed by atoms with Crippen molar-refractivity contribution in [3.63, 3.8) is 0 Å². The van der Waals surface area contributed by atoms with Crippen LogP contribution in [0.4, 0.5) is 14.6 Å². The number of hydrogen-bond donors (Lipinski definition) is 1. The second-order valence-corrected chi connectivity index (χ2v) is 9.14. The third kappa shape index (κ3) is 4.65. The highest BCUT2D eigenvalue weighted by Crippen LogP contribution is 2.38. The number of ether oxygens (including phenoxy) is 1. The summed E-state index contributed by atoms with van der Waals surface area (Å²) in [6, 6.07) is 6.95. The molecule has 1 unspecified atom stereocenters. The Labute approximate surface area is 201 Å². The second kappa shape index (κ2) is 9.16. The molecule has 10 heteroatoms. The minimum Gasteiger partial charge on any atom is -0.417 e. The molecule has 0 aliphatic carbocycles. The van der Waals surface area contributed by atoms with Gasteiger partial charge in [-0.15, -0.1) is 0 Å². The molecule has 182 valence electrons. The van der Waals surface area contributed by atoms with Crippen LogP contribution in [0, 0.1) is 6.92 Å². The zero-order valence-corrected chi connectivity index (χ0v) is 19.5. The van der Waals surface area contributed by atoms with E-state index in [9.17, 15) is 13.6 Å².